The van der Waals surface area contributed by atoms with Crippen LogP contribution in [0.15, 0.2) is 42.5 Å². The number of aromatic nitrogens is 2. The molecule has 8 nitrogen and oxygen atoms in total. The molecule has 4 rings (SSSR count). The molecule has 1 N–H and O–H groups in total. The largest absolute Gasteiger partial charge is 0.306 e. The van der Waals surface area contributed by atoms with Crippen molar-refractivity contribution in [2.45, 2.75) is 18.4 Å². The summed E-state index contributed by atoms with van der Waals surface area (Å²) in [6, 6.07) is 11.4. The number of nitrogens with zero attached hydrogens (tertiary/aromatic N) is 3. The van der Waals surface area contributed by atoms with Gasteiger partial charge < -0.3 is 5.32 Å². The Morgan fingerprint density at radius 3 is 2.66 bits per heavy atom. The number of aryl methyl sites for hydroxylation is 1. The van der Waals surface area contributed by atoms with Gasteiger partial charge in [0.1, 0.15) is 10.8 Å². The van der Waals surface area contributed by atoms with Crippen molar-refractivity contribution in [3.05, 3.63) is 80.0 Å². The molecule has 1 amide bonds. The van der Waals surface area contributed by atoms with E-state index in [0.29, 0.717) is 22.8 Å². The van der Waals surface area contributed by atoms with Crippen LogP contribution in [0.1, 0.15) is 27.2 Å². The zero-order chi connectivity index (χ0) is 20.7. The molecule has 1 aliphatic rings. The molecule has 10 heteroatoms. The van der Waals surface area contributed by atoms with Crippen molar-refractivity contribution in [1.29, 1.82) is 0 Å². The molecular weight excluding hydrogens is 416 g/mol. The first kappa shape index (κ1) is 19.3. The summed E-state index contributed by atoms with van der Waals surface area (Å²) in [5.41, 5.74) is 2.94. The van der Waals surface area contributed by atoms with Gasteiger partial charge in [-0.1, -0.05) is 29.3 Å². The smallest absolute Gasteiger partial charge is 0.288 e. The average Bonchev–Trinajstić information content (AvgIpc) is 3.19. The third-order valence-electron chi connectivity index (χ3n) is 4.59. The molecule has 1 aromatic heterocycles. The quantitative estimate of drug-likeness (QED) is 0.501. The molecule has 148 valence electrons. The molecule has 0 bridgehead atoms. The molecule has 1 aliphatic heterocycles. The molecular formula is C19H15ClN4O4S. The second-order valence-electron chi connectivity index (χ2n) is 6.63. The van der Waals surface area contributed by atoms with E-state index in [1.807, 2.05) is 31.2 Å². The van der Waals surface area contributed by atoms with E-state index < -0.39 is 21.6 Å². The van der Waals surface area contributed by atoms with Crippen LogP contribution in [0.25, 0.3) is 5.69 Å². The lowest BCUT2D eigenvalue weighted by molar-refractivity contribution is -0.384. The summed E-state index contributed by atoms with van der Waals surface area (Å²) in [6.45, 7) is 1.96. The number of hydrogen-bond donors (Lipinski definition) is 1. The summed E-state index contributed by atoms with van der Waals surface area (Å²) in [5.74, 6) is 0.483. The van der Waals surface area contributed by atoms with E-state index >= 15 is 0 Å². The molecule has 0 fully saturated rings. The molecule has 1 unspecified atom stereocenters. The standard InChI is InChI=1S/C19H15ClN4O4S/c1-11-2-5-13(6-3-11)23-18(14-9-29(28)10-16(14)22-23)21-19(25)12-4-7-15(20)17(8-12)24(26)27/h2-8H,9-10H2,1H3,(H,21,25). The van der Waals surface area contributed by atoms with Crippen molar-refractivity contribution in [3.8, 4) is 5.69 Å². The highest BCUT2D eigenvalue weighted by Crippen LogP contribution is 2.32. The lowest BCUT2D eigenvalue weighted by atomic mass is 10.2. The van der Waals surface area contributed by atoms with Gasteiger partial charge in [-0.05, 0) is 31.2 Å². The number of carbonyl (C=O) groups is 1. The first-order valence-corrected chi connectivity index (χ1v) is 10.5. The van der Waals surface area contributed by atoms with E-state index in [9.17, 15) is 19.1 Å². The molecule has 0 radical (unpaired) electrons. The van der Waals surface area contributed by atoms with Crippen molar-refractivity contribution in [3.63, 3.8) is 0 Å². The zero-order valence-electron chi connectivity index (χ0n) is 15.2. The van der Waals surface area contributed by atoms with Crippen LogP contribution in [-0.2, 0) is 22.3 Å². The topological polar surface area (TPSA) is 107 Å². The molecule has 0 saturated heterocycles. The van der Waals surface area contributed by atoms with Gasteiger partial charge in [0.2, 0.25) is 0 Å². The zero-order valence-corrected chi connectivity index (χ0v) is 16.8. The molecule has 1 atom stereocenters. The highest BCUT2D eigenvalue weighted by atomic mass is 35.5. The number of hydrogen-bond acceptors (Lipinski definition) is 5. The second-order valence-corrected chi connectivity index (χ2v) is 8.49. The number of carbonyl (C=O) groups excluding carboxylic acids is 1. The fourth-order valence-electron chi connectivity index (χ4n) is 3.10. The molecule has 2 aromatic carbocycles. The van der Waals surface area contributed by atoms with Crippen molar-refractivity contribution in [2.75, 3.05) is 5.32 Å². The minimum atomic E-state index is -1.07. The Hall–Kier alpha value is -3.04. The van der Waals surface area contributed by atoms with Gasteiger partial charge in [-0.15, -0.1) is 0 Å². The van der Waals surface area contributed by atoms with E-state index in [1.165, 1.54) is 12.1 Å². The lowest BCUT2D eigenvalue weighted by Gasteiger charge is -2.11. The third-order valence-corrected chi connectivity index (χ3v) is 6.11. The highest BCUT2D eigenvalue weighted by molar-refractivity contribution is 7.83. The van der Waals surface area contributed by atoms with E-state index in [-0.39, 0.29) is 22.0 Å². The molecule has 29 heavy (non-hydrogen) atoms. The summed E-state index contributed by atoms with van der Waals surface area (Å²) < 4.78 is 13.6. The number of anilines is 1. The van der Waals surface area contributed by atoms with Gasteiger partial charge in [0.15, 0.2) is 0 Å². The Balaban J connectivity index is 1.74. The van der Waals surface area contributed by atoms with E-state index in [0.717, 1.165) is 17.3 Å². The number of benzene rings is 2. The van der Waals surface area contributed by atoms with E-state index in [1.54, 1.807) is 4.68 Å². The van der Waals surface area contributed by atoms with E-state index in [2.05, 4.69) is 10.4 Å². The molecule has 0 aliphatic carbocycles. The second kappa shape index (κ2) is 7.41. The van der Waals surface area contributed by atoms with Crippen LogP contribution in [0.4, 0.5) is 11.5 Å². The summed E-state index contributed by atoms with van der Waals surface area (Å²) in [5, 5.41) is 18.4. The summed E-state index contributed by atoms with van der Waals surface area (Å²) >= 11 is 5.83. The molecule has 3 aromatic rings. The van der Waals surface area contributed by atoms with Gasteiger partial charge in [0.25, 0.3) is 11.6 Å². The number of fused-ring (bicyclic) bond motifs is 1. The Labute approximate surface area is 173 Å². The number of rotatable bonds is 4. The highest BCUT2D eigenvalue weighted by Gasteiger charge is 2.29. The van der Waals surface area contributed by atoms with Crippen LogP contribution in [-0.4, -0.2) is 24.8 Å². The van der Waals surface area contributed by atoms with Crippen LogP contribution in [0, 0.1) is 17.0 Å². The minimum absolute atomic E-state index is 0.0486. The number of nitro benzene ring substituents is 1. The predicted molar refractivity (Wildman–Crippen MR) is 110 cm³/mol. The SMILES string of the molecule is Cc1ccc(-n2nc3c(c2NC(=O)c2ccc(Cl)c([N+](=O)[O-])c2)CS(=O)C3)cc1. The fraction of sp³-hybridized carbons (Fsp3) is 0.158. The fourth-order valence-corrected chi connectivity index (χ4v) is 4.55. The number of amides is 1. The average molecular weight is 431 g/mol. The lowest BCUT2D eigenvalue weighted by Crippen LogP contribution is -2.16. The van der Waals surface area contributed by atoms with E-state index in [4.69, 9.17) is 11.6 Å². The first-order valence-electron chi connectivity index (χ1n) is 8.61. The van der Waals surface area contributed by atoms with Crippen LogP contribution >= 0.6 is 11.6 Å². The van der Waals surface area contributed by atoms with Gasteiger partial charge in [0.05, 0.1) is 27.8 Å². The number of halogens is 1. The summed E-state index contributed by atoms with van der Waals surface area (Å²) in [4.78, 5) is 23.3. The van der Waals surface area contributed by atoms with Crippen LogP contribution in [0.3, 0.4) is 0 Å². The molecule has 2 heterocycles. The van der Waals surface area contributed by atoms with Gasteiger partial charge >= 0.3 is 0 Å². The Kier molecular flexibility index (Phi) is 4.93. The Bertz CT molecular complexity index is 1170. The Morgan fingerprint density at radius 1 is 1.24 bits per heavy atom. The monoisotopic (exact) mass is 430 g/mol. The van der Waals surface area contributed by atoms with Gasteiger partial charge in [0, 0.05) is 28.0 Å². The van der Waals surface area contributed by atoms with Crippen LogP contribution in [0.5, 0.6) is 0 Å². The van der Waals surface area contributed by atoms with Gasteiger partial charge in [-0.3, -0.25) is 19.1 Å². The van der Waals surface area contributed by atoms with Gasteiger partial charge in [-0.25, -0.2) is 4.68 Å². The Morgan fingerprint density at radius 2 is 1.97 bits per heavy atom. The molecule has 0 saturated carbocycles. The summed E-state index contributed by atoms with van der Waals surface area (Å²) in [6.07, 6.45) is 0. The van der Waals surface area contributed by atoms with Crippen molar-refractivity contribution in [1.82, 2.24) is 9.78 Å². The van der Waals surface area contributed by atoms with Gasteiger partial charge in [-0.2, -0.15) is 5.10 Å². The van der Waals surface area contributed by atoms with Crippen molar-refractivity contribution >= 4 is 39.8 Å². The van der Waals surface area contributed by atoms with Crippen LogP contribution < -0.4 is 5.32 Å². The molecule has 0 spiro atoms. The van der Waals surface area contributed by atoms with Crippen LogP contribution in [0.2, 0.25) is 5.02 Å². The summed E-state index contributed by atoms with van der Waals surface area (Å²) in [7, 11) is -1.07. The van der Waals surface area contributed by atoms with Crippen molar-refractivity contribution in [2.24, 2.45) is 0 Å². The normalized spacial score (nSPS) is 15.2. The number of nitro groups is 1. The first-order chi connectivity index (χ1) is 13.8. The minimum Gasteiger partial charge on any atom is -0.306 e. The third kappa shape index (κ3) is 3.66. The maximum Gasteiger partial charge on any atom is 0.288 e. The predicted octanol–water partition coefficient (Wildman–Crippen LogP) is 3.76. The maximum absolute atomic E-state index is 12.8. The number of nitrogens with one attached hydrogen (secondary N) is 1. The van der Waals surface area contributed by atoms with Crippen molar-refractivity contribution < 1.29 is 13.9 Å². The maximum atomic E-state index is 12.8.